The van der Waals surface area contributed by atoms with E-state index in [0.717, 1.165) is 32.1 Å². The van der Waals surface area contributed by atoms with Crippen LogP contribution in [-0.4, -0.2) is 49.9 Å². The molecule has 2 atom stereocenters. The maximum Gasteiger partial charge on any atom is 0.472 e. The van der Waals surface area contributed by atoms with Crippen LogP contribution in [0.1, 0.15) is 271 Å². The van der Waals surface area contributed by atoms with Crippen LogP contribution in [0.25, 0.3) is 0 Å². The van der Waals surface area contributed by atoms with Crippen LogP contribution in [0.3, 0.4) is 0 Å². The predicted octanol–water partition coefficient (Wildman–Crippen LogP) is 16.2. The number of phosphoric ester groups is 1. The van der Waals surface area contributed by atoms with Gasteiger partial charge < -0.3 is 20.1 Å². The number of rotatable bonds is 51. The minimum absolute atomic E-state index is 0.0915. The lowest BCUT2D eigenvalue weighted by Gasteiger charge is -2.20. The van der Waals surface area contributed by atoms with Gasteiger partial charge >= 0.3 is 13.8 Å². The lowest BCUT2D eigenvalue weighted by molar-refractivity contribution is -0.154. The third kappa shape index (κ3) is 48.3. The Labute approximate surface area is 373 Å². The molecule has 0 rings (SSSR count). The second-order valence-corrected chi connectivity index (χ2v) is 19.2. The van der Waals surface area contributed by atoms with Crippen molar-refractivity contribution in [2.24, 2.45) is 5.73 Å². The average Bonchev–Trinajstić information content (AvgIpc) is 3.24. The molecule has 2 unspecified atom stereocenters. The van der Waals surface area contributed by atoms with Crippen molar-refractivity contribution in [3.05, 3.63) is 12.2 Å². The lowest BCUT2D eigenvalue weighted by Crippen LogP contribution is -2.28. The standard InChI is InChI=1S/C51H102NO7P/c1-3-5-7-9-11-13-15-17-19-21-22-23-24-25-26-27-29-31-33-35-37-39-41-43-46-56-48-50(49-58-60(54,55)57-47-45-52)59-51(53)44-42-40-38-36-34-32-30-28-20-18-16-14-12-10-8-6-4-2/h21-22,50H,3-20,23-49,52H2,1-2H3,(H,54,55)/b22-21-. The minimum atomic E-state index is -4.28. The first kappa shape index (κ1) is 59.2. The summed E-state index contributed by atoms with van der Waals surface area (Å²) in [6.45, 7) is 4.99. The van der Waals surface area contributed by atoms with E-state index in [2.05, 4.69) is 26.0 Å². The third-order valence-electron chi connectivity index (χ3n) is 11.7. The van der Waals surface area contributed by atoms with E-state index in [-0.39, 0.29) is 32.3 Å². The summed E-state index contributed by atoms with van der Waals surface area (Å²) in [5, 5.41) is 0. The Kier molecular flexibility index (Phi) is 48.6. The molecule has 0 saturated heterocycles. The fraction of sp³-hybridized carbons (Fsp3) is 0.941. The van der Waals surface area contributed by atoms with E-state index in [1.54, 1.807) is 0 Å². The van der Waals surface area contributed by atoms with Crippen LogP contribution in [0.15, 0.2) is 12.2 Å². The van der Waals surface area contributed by atoms with Crippen molar-refractivity contribution in [2.45, 2.75) is 277 Å². The van der Waals surface area contributed by atoms with Crippen molar-refractivity contribution in [2.75, 3.05) is 33.0 Å². The summed E-state index contributed by atoms with van der Waals surface area (Å²) in [4.78, 5) is 22.6. The minimum Gasteiger partial charge on any atom is -0.457 e. The van der Waals surface area contributed by atoms with Gasteiger partial charge in [-0.1, -0.05) is 238 Å². The van der Waals surface area contributed by atoms with Gasteiger partial charge in [0.15, 0.2) is 0 Å². The highest BCUT2D eigenvalue weighted by Gasteiger charge is 2.25. The highest BCUT2D eigenvalue weighted by Crippen LogP contribution is 2.43. The number of nitrogens with two attached hydrogens (primary N) is 1. The summed E-state index contributed by atoms with van der Waals surface area (Å²) in [5.41, 5.74) is 5.39. The first-order chi connectivity index (χ1) is 29.4. The first-order valence-electron chi connectivity index (χ1n) is 26.2. The Hall–Kier alpha value is -0.760. The molecule has 0 heterocycles. The molecule has 0 spiro atoms. The summed E-state index contributed by atoms with van der Waals surface area (Å²) in [5.74, 6) is -0.323. The summed E-state index contributed by atoms with van der Waals surface area (Å²) in [7, 11) is -4.28. The number of phosphoric acid groups is 1. The van der Waals surface area contributed by atoms with Gasteiger partial charge in [-0.3, -0.25) is 13.8 Å². The molecule has 0 aliphatic rings. The quantitative estimate of drug-likeness (QED) is 0.0269. The zero-order valence-corrected chi connectivity index (χ0v) is 40.9. The Morgan fingerprint density at radius 2 is 0.833 bits per heavy atom. The number of hydrogen-bond donors (Lipinski definition) is 2. The van der Waals surface area contributed by atoms with Crippen LogP contribution >= 0.6 is 7.82 Å². The molecule has 0 bridgehead atoms. The largest absolute Gasteiger partial charge is 0.472 e. The highest BCUT2D eigenvalue weighted by molar-refractivity contribution is 7.47. The molecule has 0 aromatic heterocycles. The monoisotopic (exact) mass is 872 g/mol. The van der Waals surface area contributed by atoms with Crippen molar-refractivity contribution >= 4 is 13.8 Å². The SMILES string of the molecule is CCCCCCCCCC/C=C\CCCCCCCCCCCCCCOCC(COP(=O)(O)OCCN)OC(=O)CCCCCCCCCCCCCCCCCCC. The fourth-order valence-corrected chi connectivity index (χ4v) is 8.58. The normalized spacial score (nSPS) is 13.3. The van der Waals surface area contributed by atoms with Crippen molar-refractivity contribution < 1.29 is 32.8 Å². The van der Waals surface area contributed by atoms with Gasteiger partial charge in [0.1, 0.15) is 6.10 Å². The average molecular weight is 872 g/mol. The summed E-state index contributed by atoms with van der Waals surface area (Å²) in [6, 6.07) is 0. The van der Waals surface area contributed by atoms with Gasteiger partial charge in [0.2, 0.25) is 0 Å². The van der Waals surface area contributed by atoms with E-state index in [1.165, 1.54) is 218 Å². The number of carbonyl (C=O) groups excluding carboxylic acids is 1. The second-order valence-electron chi connectivity index (χ2n) is 17.7. The van der Waals surface area contributed by atoms with Crippen LogP contribution in [-0.2, 0) is 27.9 Å². The van der Waals surface area contributed by atoms with E-state index in [1.807, 2.05) is 0 Å². The molecule has 358 valence electrons. The smallest absolute Gasteiger partial charge is 0.457 e. The maximum absolute atomic E-state index is 12.6. The van der Waals surface area contributed by atoms with E-state index in [9.17, 15) is 14.3 Å². The molecule has 0 amide bonds. The van der Waals surface area contributed by atoms with Crippen LogP contribution in [0.5, 0.6) is 0 Å². The molecule has 0 radical (unpaired) electrons. The summed E-state index contributed by atoms with van der Waals surface area (Å²) in [6.07, 6.45) is 55.3. The molecule has 0 saturated carbocycles. The van der Waals surface area contributed by atoms with E-state index in [4.69, 9.17) is 24.3 Å². The molecule has 0 aromatic carbocycles. The van der Waals surface area contributed by atoms with Crippen LogP contribution in [0, 0.1) is 0 Å². The second kappa shape index (κ2) is 49.3. The Balaban J connectivity index is 3.87. The van der Waals surface area contributed by atoms with Gasteiger partial charge in [0, 0.05) is 19.6 Å². The van der Waals surface area contributed by atoms with Crippen molar-refractivity contribution in [3.8, 4) is 0 Å². The Morgan fingerprint density at radius 3 is 1.22 bits per heavy atom. The molecular weight excluding hydrogens is 770 g/mol. The van der Waals surface area contributed by atoms with Crippen LogP contribution < -0.4 is 5.73 Å². The number of ether oxygens (including phenoxy) is 2. The van der Waals surface area contributed by atoms with Gasteiger partial charge in [-0.15, -0.1) is 0 Å². The molecular formula is C51H102NO7P. The lowest BCUT2D eigenvalue weighted by atomic mass is 10.0. The van der Waals surface area contributed by atoms with Gasteiger partial charge in [0.25, 0.3) is 0 Å². The Morgan fingerprint density at radius 1 is 0.483 bits per heavy atom. The fourth-order valence-electron chi connectivity index (χ4n) is 7.82. The number of unbranched alkanes of at least 4 members (excludes halogenated alkanes) is 36. The van der Waals surface area contributed by atoms with Crippen LogP contribution in [0.4, 0.5) is 0 Å². The number of esters is 1. The van der Waals surface area contributed by atoms with Crippen LogP contribution in [0.2, 0.25) is 0 Å². The molecule has 8 nitrogen and oxygen atoms in total. The van der Waals surface area contributed by atoms with Gasteiger partial charge in [-0.05, 0) is 38.5 Å². The molecule has 0 aromatic rings. The number of carbonyl (C=O) groups is 1. The predicted molar refractivity (Wildman–Crippen MR) is 257 cm³/mol. The van der Waals surface area contributed by atoms with E-state index in [0.29, 0.717) is 13.0 Å². The summed E-state index contributed by atoms with van der Waals surface area (Å²) >= 11 is 0. The van der Waals surface area contributed by atoms with Gasteiger partial charge in [0.05, 0.1) is 19.8 Å². The topological polar surface area (TPSA) is 117 Å². The number of hydrogen-bond acceptors (Lipinski definition) is 7. The van der Waals surface area contributed by atoms with Crippen molar-refractivity contribution in [1.82, 2.24) is 0 Å². The highest BCUT2D eigenvalue weighted by atomic mass is 31.2. The molecule has 0 fully saturated rings. The molecule has 0 aliphatic carbocycles. The van der Waals surface area contributed by atoms with E-state index < -0.39 is 13.9 Å². The Bertz CT molecular complexity index is 935. The van der Waals surface area contributed by atoms with Crippen molar-refractivity contribution in [1.29, 1.82) is 0 Å². The van der Waals surface area contributed by atoms with Gasteiger partial charge in [-0.2, -0.15) is 0 Å². The molecule has 3 N–H and O–H groups in total. The summed E-state index contributed by atoms with van der Waals surface area (Å²) < 4.78 is 33.6. The van der Waals surface area contributed by atoms with Gasteiger partial charge in [-0.25, -0.2) is 4.57 Å². The number of allylic oxidation sites excluding steroid dienone is 2. The van der Waals surface area contributed by atoms with Crippen molar-refractivity contribution in [3.63, 3.8) is 0 Å². The first-order valence-corrected chi connectivity index (χ1v) is 27.7. The molecule has 9 heteroatoms. The molecule has 0 aliphatic heterocycles. The zero-order valence-electron chi connectivity index (χ0n) is 40.0. The van der Waals surface area contributed by atoms with E-state index >= 15 is 0 Å². The zero-order chi connectivity index (χ0) is 43.7. The maximum atomic E-state index is 12.6. The third-order valence-corrected chi connectivity index (χ3v) is 12.7. The molecule has 60 heavy (non-hydrogen) atoms.